The number of aryl methyl sites for hydroxylation is 1. The second-order valence-electron chi connectivity index (χ2n) is 6.83. The van der Waals surface area contributed by atoms with Crippen molar-refractivity contribution in [1.29, 1.82) is 0 Å². The van der Waals surface area contributed by atoms with Crippen LogP contribution in [0.1, 0.15) is 21.8 Å². The second kappa shape index (κ2) is 7.03. The average molecular weight is 412 g/mol. The third kappa shape index (κ3) is 3.58. The van der Waals surface area contributed by atoms with Gasteiger partial charge < -0.3 is 4.90 Å². The second-order valence-corrected chi connectivity index (χ2v) is 10.8. The quantitative estimate of drug-likeness (QED) is 0.774. The molecule has 4 rings (SSSR count). The first kappa shape index (κ1) is 18.1. The Morgan fingerprint density at radius 1 is 1.27 bits per heavy atom. The molecule has 4 heterocycles. The predicted octanol–water partition coefficient (Wildman–Crippen LogP) is 2.12. The third-order valence-corrected chi connectivity index (χ3v) is 8.71. The van der Waals surface area contributed by atoms with E-state index in [4.69, 9.17) is 0 Å². The molecule has 2 aromatic rings. The zero-order valence-corrected chi connectivity index (χ0v) is 17.0. The van der Waals surface area contributed by atoms with Crippen LogP contribution in [-0.2, 0) is 9.84 Å². The summed E-state index contributed by atoms with van der Waals surface area (Å²) >= 11 is 3.08. The topological polar surface area (TPSA) is 70.6 Å². The van der Waals surface area contributed by atoms with Gasteiger partial charge in [-0.3, -0.25) is 9.69 Å². The fraction of sp³-hybridized carbons (Fsp3) is 0.529. The molecule has 1 atom stereocenters. The van der Waals surface area contributed by atoms with Crippen molar-refractivity contribution in [3.05, 3.63) is 27.4 Å². The van der Waals surface area contributed by atoms with Gasteiger partial charge in [-0.2, -0.15) is 11.3 Å². The number of hydrogen-bond donors (Lipinski definition) is 0. The Hall–Kier alpha value is -1.29. The largest absolute Gasteiger partial charge is 0.335 e. The number of nitrogens with zero attached hydrogens (tertiary/aromatic N) is 3. The average Bonchev–Trinajstić information content (AvgIpc) is 3.34. The highest BCUT2D eigenvalue weighted by Crippen LogP contribution is 2.30. The van der Waals surface area contributed by atoms with Gasteiger partial charge in [0.25, 0.3) is 5.91 Å². The van der Waals surface area contributed by atoms with E-state index in [9.17, 15) is 13.2 Å². The Balaban J connectivity index is 1.41. The number of hydrogen-bond acceptors (Lipinski definition) is 7. The van der Waals surface area contributed by atoms with E-state index in [1.54, 1.807) is 11.3 Å². The first-order valence-corrected chi connectivity index (χ1v) is 12.2. The SMILES string of the molecule is Cc1nc(-c2ccsc2)sc1C(=O)N1CCN([C@@H]2CCS(=O)(=O)C2)CC1. The number of sulfone groups is 1. The van der Waals surface area contributed by atoms with Crippen molar-refractivity contribution < 1.29 is 13.2 Å². The van der Waals surface area contributed by atoms with E-state index in [1.165, 1.54) is 11.3 Å². The van der Waals surface area contributed by atoms with E-state index in [0.29, 0.717) is 30.1 Å². The molecule has 2 aliphatic rings. The number of thiophene rings is 1. The Bertz CT molecular complexity index is 897. The van der Waals surface area contributed by atoms with Crippen LogP contribution in [0.15, 0.2) is 16.8 Å². The molecule has 2 saturated heterocycles. The minimum absolute atomic E-state index is 0.0418. The smallest absolute Gasteiger partial charge is 0.265 e. The fourth-order valence-corrected chi connectivity index (χ4v) is 7.11. The van der Waals surface area contributed by atoms with E-state index in [1.807, 2.05) is 28.7 Å². The van der Waals surface area contributed by atoms with Crippen LogP contribution in [-0.4, -0.2) is 72.8 Å². The van der Waals surface area contributed by atoms with Crippen LogP contribution < -0.4 is 0 Å². The van der Waals surface area contributed by atoms with Crippen LogP contribution in [0.5, 0.6) is 0 Å². The highest BCUT2D eigenvalue weighted by Gasteiger charge is 2.35. The Labute approximate surface area is 161 Å². The Kier molecular flexibility index (Phi) is 4.89. The molecule has 1 amide bonds. The van der Waals surface area contributed by atoms with Gasteiger partial charge in [-0.05, 0) is 24.8 Å². The lowest BCUT2D eigenvalue weighted by atomic mass is 10.2. The summed E-state index contributed by atoms with van der Waals surface area (Å²) in [7, 11) is -2.87. The fourth-order valence-electron chi connectivity index (χ4n) is 3.60. The van der Waals surface area contributed by atoms with Gasteiger partial charge >= 0.3 is 0 Å². The van der Waals surface area contributed by atoms with E-state index in [2.05, 4.69) is 9.88 Å². The Morgan fingerprint density at radius 2 is 2.04 bits per heavy atom. The highest BCUT2D eigenvalue weighted by molar-refractivity contribution is 7.91. The normalized spacial score (nSPS) is 23.4. The number of piperazine rings is 1. The van der Waals surface area contributed by atoms with Crippen LogP contribution in [0.25, 0.3) is 10.6 Å². The molecule has 0 saturated carbocycles. The molecular formula is C17H21N3O3S3. The number of aromatic nitrogens is 1. The van der Waals surface area contributed by atoms with E-state index in [0.717, 1.165) is 29.4 Å². The van der Waals surface area contributed by atoms with Crippen LogP contribution in [0.3, 0.4) is 0 Å². The number of amides is 1. The maximum Gasteiger partial charge on any atom is 0.265 e. The first-order chi connectivity index (χ1) is 12.4. The lowest BCUT2D eigenvalue weighted by Crippen LogP contribution is -2.52. The number of carbonyl (C=O) groups is 1. The van der Waals surface area contributed by atoms with Crippen LogP contribution in [0.4, 0.5) is 0 Å². The van der Waals surface area contributed by atoms with Crippen molar-refractivity contribution in [3.63, 3.8) is 0 Å². The molecule has 26 heavy (non-hydrogen) atoms. The van der Waals surface area contributed by atoms with Crippen LogP contribution in [0, 0.1) is 6.92 Å². The highest BCUT2D eigenvalue weighted by atomic mass is 32.2. The molecule has 2 aromatic heterocycles. The number of carbonyl (C=O) groups excluding carboxylic acids is 1. The van der Waals surface area contributed by atoms with E-state index in [-0.39, 0.29) is 17.7 Å². The van der Waals surface area contributed by atoms with E-state index >= 15 is 0 Å². The van der Waals surface area contributed by atoms with E-state index < -0.39 is 9.84 Å². The van der Waals surface area contributed by atoms with Crippen molar-refractivity contribution in [3.8, 4) is 10.6 Å². The van der Waals surface area contributed by atoms with Crippen molar-refractivity contribution in [2.45, 2.75) is 19.4 Å². The first-order valence-electron chi connectivity index (χ1n) is 8.67. The molecular weight excluding hydrogens is 390 g/mol. The molecule has 0 N–H and O–H groups in total. The molecule has 0 radical (unpaired) electrons. The summed E-state index contributed by atoms with van der Waals surface area (Å²) in [6, 6.07) is 2.14. The third-order valence-electron chi connectivity index (χ3n) is 5.09. The summed E-state index contributed by atoms with van der Waals surface area (Å²) in [5.41, 5.74) is 1.85. The molecule has 140 valence electrons. The monoisotopic (exact) mass is 411 g/mol. The molecule has 6 nitrogen and oxygen atoms in total. The van der Waals surface area contributed by atoms with Gasteiger partial charge in [0.1, 0.15) is 9.88 Å². The zero-order chi connectivity index (χ0) is 18.3. The molecule has 0 unspecified atom stereocenters. The zero-order valence-electron chi connectivity index (χ0n) is 14.6. The summed E-state index contributed by atoms with van der Waals surface area (Å²) in [6.07, 6.45) is 0.717. The molecule has 0 aliphatic carbocycles. The van der Waals surface area contributed by atoms with Gasteiger partial charge in [-0.1, -0.05) is 0 Å². The predicted molar refractivity (Wildman–Crippen MR) is 105 cm³/mol. The molecule has 2 aliphatic heterocycles. The summed E-state index contributed by atoms with van der Waals surface area (Å²) in [5.74, 6) is 0.599. The minimum Gasteiger partial charge on any atom is -0.335 e. The van der Waals surface area contributed by atoms with Crippen LogP contribution in [0.2, 0.25) is 0 Å². The number of thiazole rings is 1. The van der Waals surface area contributed by atoms with Gasteiger partial charge in [0.05, 0.1) is 17.2 Å². The van der Waals surface area contributed by atoms with Crippen molar-refractivity contribution >= 4 is 38.4 Å². The molecule has 0 aromatic carbocycles. The molecule has 0 spiro atoms. The standard InChI is InChI=1S/C17H21N3O3S3/c1-12-15(25-16(18-12)13-2-8-24-10-13)17(21)20-6-4-19(5-7-20)14-3-9-26(22,23)11-14/h2,8,10,14H,3-7,9,11H2,1H3/t14-/m1/s1. The molecule has 0 bridgehead atoms. The lowest BCUT2D eigenvalue weighted by Gasteiger charge is -2.37. The maximum absolute atomic E-state index is 12.9. The van der Waals surface area contributed by atoms with Gasteiger partial charge in [0.15, 0.2) is 9.84 Å². The minimum atomic E-state index is -2.87. The van der Waals surface area contributed by atoms with Gasteiger partial charge in [-0.15, -0.1) is 11.3 Å². The number of rotatable bonds is 3. The summed E-state index contributed by atoms with van der Waals surface area (Å²) in [6.45, 7) is 4.64. The van der Waals surface area contributed by atoms with Crippen molar-refractivity contribution in [1.82, 2.24) is 14.8 Å². The van der Waals surface area contributed by atoms with Crippen LogP contribution >= 0.6 is 22.7 Å². The van der Waals surface area contributed by atoms with Crippen molar-refractivity contribution in [2.24, 2.45) is 0 Å². The molecule has 2 fully saturated rings. The van der Waals surface area contributed by atoms with Gasteiger partial charge in [0.2, 0.25) is 0 Å². The summed E-state index contributed by atoms with van der Waals surface area (Å²) in [5, 5.41) is 4.94. The Morgan fingerprint density at radius 3 is 2.65 bits per heavy atom. The summed E-state index contributed by atoms with van der Waals surface area (Å²) < 4.78 is 23.4. The maximum atomic E-state index is 12.9. The summed E-state index contributed by atoms with van der Waals surface area (Å²) in [4.78, 5) is 22.3. The van der Waals surface area contributed by atoms with Gasteiger partial charge in [0, 0.05) is 43.2 Å². The molecule has 9 heteroatoms. The van der Waals surface area contributed by atoms with Crippen molar-refractivity contribution in [2.75, 3.05) is 37.7 Å². The lowest BCUT2D eigenvalue weighted by molar-refractivity contribution is 0.0591. The van der Waals surface area contributed by atoms with Gasteiger partial charge in [-0.25, -0.2) is 13.4 Å².